The van der Waals surface area contributed by atoms with Gasteiger partial charge in [-0.15, -0.1) is 0 Å². The number of imidazole rings is 1. The van der Waals surface area contributed by atoms with E-state index in [4.69, 9.17) is 18.9 Å². The molecule has 26 heavy (non-hydrogen) atoms. The van der Waals surface area contributed by atoms with Crippen molar-refractivity contribution >= 4 is 23.1 Å². The quantitative estimate of drug-likeness (QED) is 0.696. The van der Waals surface area contributed by atoms with Crippen LogP contribution in [0.15, 0.2) is 12.7 Å². The van der Waals surface area contributed by atoms with Crippen LogP contribution < -0.4 is 4.74 Å². The number of esters is 2. The predicted molar refractivity (Wildman–Crippen MR) is 84.0 cm³/mol. The highest BCUT2D eigenvalue weighted by Gasteiger charge is 2.48. The molecule has 11 heteroatoms. The second kappa shape index (κ2) is 7.22. The number of aliphatic hydroxyl groups excluding tert-OH is 1. The Morgan fingerprint density at radius 1 is 1.27 bits per heavy atom. The molecule has 1 fully saturated rings. The second-order valence-electron chi connectivity index (χ2n) is 5.64. The number of hydrogen-bond acceptors (Lipinski definition) is 10. The van der Waals surface area contributed by atoms with E-state index in [1.54, 1.807) is 0 Å². The van der Waals surface area contributed by atoms with E-state index in [1.807, 2.05) is 0 Å². The van der Waals surface area contributed by atoms with Gasteiger partial charge in [0.15, 0.2) is 23.5 Å². The number of carbonyl (C=O) groups is 2. The van der Waals surface area contributed by atoms with Crippen molar-refractivity contribution in [1.29, 1.82) is 0 Å². The van der Waals surface area contributed by atoms with Gasteiger partial charge in [0.1, 0.15) is 25.1 Å². The standard InChI is InChI=1S/C15H18N4O7/c1-7(20)24-4-9-12(25-8(2)21)11(22)15(26-9)19-6-18-10-13(19)16-5-17-14(10)23-3/h5-6,9,11-12,15,22H,4H2,1-3H3/t9-,11+,12-,15-/m1/s1. The molecule has 2 aromatic rings. The van der Waals surface area contributed by atoms with Crippen LogP contribution in [-0.2, 0) is 23.8 Å². The molecule has 4 atom stereocenters. The molecular weight excluding hydrogens is 348 g/mol. The Kier molecular flexibility index (Phi) is 5.00. The van der Waals surface area contributed by atoms with Gasteiger partial charge in [0.05, 0.1) is 13.4 Å². The topological polar surface area (TPSA) is 135 Å². The van der Waals surface area contributed by atoms with Gasteiger partial charge in [-0.05, 0) is 0 Å². The predicted octanol–water partition coefficient (Wildman–Crippen LogP) is -0.412. The Labute approximate surface area is 147 Å². The zero-order valence-electron chi connectivity index (χ0n) is 14.4. The van der Waals surface area contributed by atoms with Crippen molar-refractivity contribution < 1.29 is 33.6 Å². The lowest BCUT2D eigenvalue weighted by molar-refractivity contribution is -0.157. The number of carbonyl (C=O) groups excluding carboxylic acids is 2. The molecule has 1 saturated heterocycles. The van der Waals surface area contributed by atoms with Gasteiger partial charge < -0.3 is 24.1 Å². The molecule has 3 rings (SSSR count). The van der Waals surface area contributed by atoms with Crippen molar-refractivity contribution in [2.75, 3.05) is 13.7 Å². The summed E-state index contributed by atoms with van der Waals surface area (Å²) in [6.07, 6.45) is -1.33. The lowest BCUT2D eigenvalue weighted by Gasteiger charge is -2.19. The number of rotatable bonds is 5. The second-order valence-corrected chi connectivity index (χ2v) is 5.64. The molecule has 3 heterocycles. The smallest absolute Gasteiger partial charge is 0.303 e. The molecule has 0 radical (unpaired) electrons. The van der Waals surface area contributed by atoms with E-state index in [0.717, 1.165) is 0 Å². The summed E-state index contributed by atoms with van der Waals surface area (Å²) >= 11 is 0. The molecular formula is C15H18N4O7. The Hall–Kier alpha value is -2.79. The first-order valence-corrected chi connectivity index (χ1v) is 7.78. The number of nitrogens with zero attached hydrogens (tertiary/aromatic N) is 4. The fourth-order valence-corrected chi connectivity index (χ4v) is 2.79. The van der Waals surface area contributed by atoms with E-state index in [2.05, 4.69) is 15.0 Å². The van der Waals surface area contributed by atoms with Crippen LogP contribution >= 0.6 is 0 Å². The molecule has 0 aliphatic carbocycles. The van der Waals surface area contributed by atoms with E-state index >= 15 is 0 Å². The maximum absolute atomic E-state index is 11.4. The van der Waals surface area contributed by atoms with Crippen molar-refractivity contribution in [1.82, 2.24) is 19.5 Å². The van der Waals surface area contributed by atoms with Crippen LogP contribution in [0.1, 0.15) is 20.1 Å². The lowest BCUT2D eigenvalue weighted by atomic mass is 10.1. The molecule has 1 N–H and O–H groups in total. The van der Waals surface area contributed by atoms with Crippen molar-refractivity contribution in [3.8, 4) is 5.88 Å². The minimum absolute atomic E-state index is 0.175. The van der Waals surface area contributed by atoms with E-state index in [-0.39, 0.29) is 12.5 Å². The minimum atomic E-state index is -1.22. The third-order valence-electron chi connectivity index (χ3n) is 3.86. The van der Waals surface area contributed by atoms with Gasteiger partial charge in [-0.25, -0.2) is 9.97 Å². The zero-order valence-corrected chi connectivity index (χ0v) is 14.4. The Morgan fingerprint density at radius 2 is 2.04 bits per heavy atom. The van der Waals surface area contributed by atoms with E-state index in [9.17, 15) is 14.7 Å². The van der Waals surface area contributed by atoms with Crippen LogP contribution in [-0.4, -0.2) is 68.6 Å². The normalized spacial score (nSPS) is 25.2. The maximum atomic E-state index is 11.4. The van der Waals surface area contributed by atoms with Crippen LogP contribution in [0, 0.1) is 0 Å². The molecule has 0 saturated carbocycles. The molecule has 0 unspecified atom stereocenters. The first-order chi connectivity index (χ1) is 12.4. The summed E-state index contributed by atoms with van der Waals surface area (Å²) in [6.45, 7) is 2.29. The highest BCUT2D eigenvalue weighted by atomic mass is 16.6. The molecule has 0 aromatic carbocycles. The summed E-state index contributed by atoms with van der Waals surface area (Å²) in [5.74, 6) is -0.835. The molecule has 140 valence electrons. The van der Waals surface area contributed by atoms with Crippen molar-refractivity contribution in [3.63, 3.8) is 0 Å². The molecule has 0 bridgehead atoms. The van der Waals surface area contributed by atoms with E-state index in [0.29, 0.717) is 11.2 Å². The summed E-state index contributed by atoms with van der Waals surface area (Å²) in [6, 6.07) is 0. The molecule has 1 aliphatic heterocycles. The minimum Gasteiger partial charge on any atom is -0.479 e. The van der Waals surface area contributed by atoms with Crippen LogP contribution in [0.3, 0.4) is 0 Å². The van der Waals surface area contributed by atoms with Crippen LogP contribution in [0.2, 0.25) is 0 Å². The van der Waals surface area contributed by atoms with Gasteiger partial charge in [-0.3, -0.25) is 14.2 Å². The SMILES string of the molecule is COc1ncnc2c1ncn2[C@@H]1O[C@H](COC(C)=O)[C@@H](OC(C)=O)[C@@H]1O. The number of fused-ring (bicyclic) bond motifs is 1. The Morgan fingerprint density at radius 3 is 2.69 bits per heavy atom. The Bertz CT molecular complexity index is 823. The molecule has 0 spiro atoms. The number of aliphatic hydroxyl groups is 1. The van der Waals surface area contributed by atoms with Crippen LogP contribution in [0.4, 0.5) is 0 Å². The summed E-state index contributed by atoms with van der Waals surface area (Å²) in [7, 11) is 1.45. The van der Waals surface area contributed by atoms with E-state index in [1.165, 1.54) is 38.2 Å². The summed E-state index contributed by atoms with van der Waals surface area (Å²) in [5, 5.41) is 10.6. The fraction of sp³-hybridized carbons (Fsp3) is 0.533. The average molecular weight is 366 g/mol. The average Bonchev–Trinajstić information content (AvgIpc) is 3.15. The molecule has 1 aliphatic rings. The van der Waals surface area contributed by atoms with Crippen LogP contribution in [0.25, 0.3) is 11.2 Å². The maximum Gasteiger partial charge on any atom is 0.303 e. The Balaban J connectivity index is 1.92. The van der Waals surface area contributed by atoms with Gasteiger partial charge in [0.2, 0.25) is 5.88 Å². The lowest BCUT2D eigenvalue weighted by Crippen LogP contribution is -2.38. The first kappa shape index (κ1) is 18.0. The number of methoxy groups -OCH3 is 1. The summed E-state index contributed by atoms with van der Waals surface area (Å²) in [4.78, 5) is 34.7. The van der Waals surface area contributed by atoms with Crippen molar-refractivity contribution in [2.24, 2.45) is 0 Å². The van der Waals surface area contributed by atoms with Gasteiger partial charge in [-0.2, -0.15) is 4.98 Å². The van der Waals surface area contributed by atoms with Crippen molar-refractivity contribution in [3.05, 3.63) is 12.7 Å². The number of hydrogen-bond donors (Lipinski definition) is 1. The molecule has 2 aromatic heterocycles. The largest absolute Gasteiger partial charge is 0.479 e. The van der Waals surface area contributed by atoms with Gasteiger partial charge >= 0.3 is 11.9 Å². The number of aromatic nitrogens is 4. The van der Waals surface area contributed by atoms with Gasteiger partial charge in [-0.1, -0.05) is 0 Å². The van der Waals surface area contributed by atoms with E-state index < -0.39 is 36.5 Å². The molecule has 0 amide bonds. The zero-order chi connectivity index (χ0) is 18.8. The highest BCUT2D eigenvalue weighted by molar-refractivity contribution is 5.76. The summed E-state index contributed by atoms with van der Waals surface area (Å²) in [5.41, 5.74) is 0.758. The third-order valence-corrected chi connectivity index (χ3v) is 3.86. The van der Waals surface area contributed by atoms with Gasteiger partial charge in [0, 0.05) is 13.8 Å². The monoisotopic (exact) mass is 366 g/mol. The third kappa shape index (κ3) is 3.30. The number of ether oxygens (including phenoxy) is 4. The first-order valence-electron chi connectivity index (χ1n) is 7.78. The van der Waals surface area contributed by atoms with Gasteiger partial charge in [0.25, 0.3) is 0 Å². The van der Waals surface area contributed by atoms with Crippen molar-refractivity contribution in [2.45, 2.75) is 38.4 Å². The highest BCUT2D eigenvalue weighted by Crippen LogP contribution is 2.34. The fourth-order valence-electron chi connectivity index (χ4n) is 2.79. The van der Waals surface area contributed by atoms with Crippen LogP contribution in [0.5, 0.6) is 5.88 Å². The molecule has 11 nitrogen and oxygen atoms in total. The summed E-state index contributed by atoms with van der Waals surface area (Å²) < 4.78 is 22.5.